The molecule has 0 radical (unpaired) electrons. The Labute approximate surface area is 202 Å². The van der Waals surface area contributed by atoms with Crippen molar-refractivity contribution in [2.45, 2.75) is 119 Å². The van der Waals surface area contributed by atoms with E-state index in [9.17, 15) is 15.0 Å². The fraction of sp³-hybridized carbons (Fsp3) is 0.833. The molecule has 0 aromatic heterocycles. The molecule has 2 saturated carbocycles. The molecule has 186 valence electrons. The van der Waals surface area contributed by atoms with Crippen LogP contribution in [0.5, 0.6) is 0 Å². The topological polar surface area (TPSA) is 57.5 Å². The number of allylic oxidation sites excluding steroid dienone is 3. The smallest absolute Gasteiger partial charge is 0.314 e. The van der Waals surface area contributed by atoms with Crippen LogP contribution < -0.4 is 0 Å². The Morgan fingerprint density at radius 2 is 1.73 bits per heavy atom. The lowest BCUT2D eigenvalue weighted by Crippen LogP contribution is -2.57. The van der Waals surface area contributed by atoms with E-state index in [1.807, 2.05) is 0 Å². The SMILES string of the molecule is CC(C)=CCCC(C)C1CC[C@@]2(C(=O)O)C3=C(CC[C@]12C)[C@@]1(C)CCC(O)C(C)(C)C1CC3. The maximum atomic E-state index is 13.2. The molecule has 0 aliphatic heterocycles. The van der Waals surface area contributed by atoms with E-state index in [2.05, 4.69) is 54.5 Å². The number of carboxylic acid groups (broad SMARTS) is 1. The van der Waals surface area contributed by atoms with Crippen LogP contribution in [-0.2, 0) is 4.79 Å². The van der Waals surface area contributed by atoms with Crippen LogP contribution in [0.3, 0.4) is 0 Å². The number of aliphatic hydroxyl groups excluding tert-OH is 1. The van der Waals surface area contributed by atoms with Crippen molar-refractivity contribution in [1.29, 1.82) is 0 Å². The summed E-state index contributed by atoms with van der Waals surface area (Å²) in [5.41, 5.74) is 3.25. The maximum absolute atomic E-state index is 13.2. The summed E-state index contributed by atoms with van der Waals surface area (Å²) in [7, 11) is 0. The van der Waals surface area contributed by atoms with E-state index < -0.39 is 11.4 Å². The van der Waals surface area contributed by atoms with E-state index in [0.29, 0.717) is 17.8 Å². The molecule has 7 atom stereocenters. The molecule has 0 bridgehead atoms. The first-order valence-corrected chi connectivity index (χ1v) is 13.6. The molecule has 0 spiro atoms. The molecule has 3 nitrogen and oxygen atoms in total. The molecule has 4 aliphatic rings. The van der Waals surface area contributed by atoms with Gasteiger partial charge in [-0.25, -0.2) is 0 Å². The van der Waals surface area contributed by atoms with Gasteiger partial charge in [-0.3, -0.25) is 4.79 Å². The number of hydrogen-bond acceptors (Lipinski definition) is 2. The number of aliphatic carboxylic acids is 1. The molecule has 3 heteroatoms. The van der Waals surface area contributed by atoms with Crippen LogP contribution in [-0.4, -0.2) is 22.3 Å². The average Bonchev–Trinajstić information content (AvgIpc) is 3.05. The van der Waals surface area contributed by atoms with Gasteiger partial charge in [-0.1, -0.05) is 57.4 Å². The third-order valence-corrected chi connectivity index (χ3v) is 11.5. The monoisotopic (exact) mass is 456 g/mol. The molecule has 0 amide bonds. The van der Waals surface area contributed by atoms with E-state index in [-0.39, 0.29) is 22.3 Å². The van der Waals surface area contributed by atoms with Gasteiger partial charge in [-0.2, -0.15) is 0 Å². The van der Waals surface area contributed by atoms with Crippen molar-refractivity contribution < 1.29 is 15.0 Å². The van der Waals surface area contributed by atoms with Gasteiger partial charge in [0.1, 0.15) is 0 Å². The predicted octanol–water partition coefficient (Wildman–Crippen LogP) is 7.54. The number of aliphatic hydroxyl groups is 1. The molecule has 0 saturated heterocycles. The van der Waals surface area contributed by atoms with E-state index in [4.69, 9.17) is 0 Å². The van der Waals surface area contributed by atoms with Crippen LogP contribution in [0.25, 0.3) is 0 Å². The highest BCUT2D eigenvalue weighted by atomic mass is 16.4. The highest BCUT2D eigenvalue weighted by Crippen LogP contribution is 2.72. The molecule has 4 unspecified atom stereocenters. The standard InChI is InChI=1S/C30H48O3/c1-19(2)9-8-10-20(3)21-14-18-30(26(32)33)23-11-12-24-27(4,5)25(31)15-16-28(24,6)22(23)13-17-29(21,30)7/h9,20-21,24-25,31H,8,10-18H2,1-7H3,(H,32,33)/t20?,21?,24?,25?,28-,29-,30+/m1/s1. The van der Waals surface area contributed by atoms with Crippen molar-refractivity contribution in [2.75, 3.05) is 0 Å². The molecule has 0 aromatic rings. The summed E-state index contributed by atoms with van der Waals surface area (Å²) >= 11 is 0. The van der Waals surface area contributed by atoms with Crippen molar-refractivity contribution in [1.82, 2.24) is 0 Å². The zero-order valence-electron chi connectivity index (χ0n) is 22.3. The summed E-state index contributed by atoms with van der Waals surface area (Å²) in [4.78, 5) is 13.2. The van der Waals surface area contributed by atoms with Crippen LogP contribution in [0.2, 0.25) is 0 Å². The first-order valence-electron chi connectivity index (χ1n) is 13.6. The van der Waals surface area contributed by atoms with Gasteiger partial charge in [0.15, 0.2) is 0 Å². The third kappa shape index (κ3) is 3.42. The highest BCUT2D eigenvalue weighted by molar-refractivity contribution is 5.81. The molecule has 0 heterocycles. The first kappa shape index (κ1) is 25.0. The average molecular weight is 457 g/mol. The van der Waals surface area contributed by atoms with Gasteiger partial charge in [0.2, 0.25) is 0 Å². The van der Waals surface area contributed by atoms with Crippen molar-refractivity contribution in [3.05, 3.63) is 22.8 Å². The van der Waals surface area contributed by atoms with E-state index in [0.717, 1.165) is 64.2 Å². The Bertz CT molecular complexity index is 862. The van der Waals surface area contributed by atoms with Crippen LogP contribution in [0.15, 0.2) is 22.8 Å². The van der Waals surface area contributed by atoms with E-state index in [1.165, 1.54) is 16.7 Å². The number of carboxylic acids is 1. The lowest BCUT2D eigenvalue weighted by atomic mass is 9.43. The van der Waals surface area contributed by atoms with Crippen LogP contribution in [0.1, 0.15) is 113 Å². The Balaban J connectivity index is 1.74. The summed E-state index contributed by atoms with van der Waals surface area (Å²) in [6.07, 6.45) is 12.0. The molecule has 33 heavy (non-hydrogen) atoms. The summed E-state index contributed by atoms with van der Waals surface area (Å²) in [5.74, 6) is 0.893. The number of rotatable bonds is 5. The normalized spacial score (nSPS) is 42.7. The highest BCUT2D eigenvalue weighted by Gasteiger charge is 2.68. The number of fused-ring (bicyclic) bond motifs is 4. The van der Waals surface area contributed by atoms with Gasteiger partial charge in [0.25, 0.3) is 0 Å². The summed E-state index contributed by atoms with van der Waals surface area (Å²) in [6.45, 7) is 15.9. The molecular weight excluding hydrogens is 408 g/mol. The molecule has 0 aromatic carbocycles. The Hall–Kier alpha value is -1.09. The van der Waals surface area contributed by atoms with Crippen molar-refractivity contribution >= 4 is 5.97 Å². The fourth-order valence-corrected chi connectivity index (χ4v) is 9.58. The maximum Gasteiger partial charge on any atom is 0.314 e. The van der Waals surface area contributed by atoms with Crippen LogP contribution in [0, 0.1) is 39.4 Å². The largest absolute Gasteiger partial charge is 0.481 e. The molecular formula is C30H48O3. The Morgan fingerprint density at radius 1 is 1.03 bits per heavy atom. The summed E-state index contributed by atoms with van der Waals surface area (Å²) < 4.78 is 0. The minimum absolute atomic E-state index is 0.0350. The van der Waals surface area contributed by atoms with Gasteiger partial charge < -0.3 is 10.2 Å². The van der Waals surface area contributed by atoms with Gasteiger partial charge in [-0.05, 0) is 112 Å². The second kappa shape index (κ2) is 8.25. The van der Waals surface area contributed by atoms with E-state index in [1.54, 1.807) is 0 Å². The Morgan fingerprint density at radius 3 is 2.36 bits per heavy atom. The van der Waals surface area contributed by atoms with Crippen molar-refractivity contribution in [2.24, 2.45) is 39.4 Å². The van der Waals surface area contributed by atoms with Crippen LogP contribution >= 0.6 is 0 Å². The second-order valence-corrected chi connectivity index (χ2v) is 13.5. The van der Waals surface area contributed by atoms with Gasteiger partial charge in [0, 0.05) is 0 Å². The number of carbonyl (C=O) groups is 1. The lowest BCUT2D eigenvalue weighted by molar-refractivity contribution is -0.157. The van der Waals surface area contributed by atoms with Gasteiger partial charge in [0.05, 0.1) is 11.5 Å². The lowest BCUT2D eigenvalue weighted by Gasteiger charge is -2.61. The fourth-order valence-electron chi connectivity index (χ4n) is 9.58. The van der Waals surface area contributed by atoms with E-state index >= 15 is 0 Å². The van der Waals surface area contributed by atoms with Crippen molar-refractivity contribution in [3.63, 3.8) is 0 Å². The quantitative estimate of drug-likeness (QED) is 0.420. The minimum atomic E-state index is -0.690. The van der Waals surface area contributed by atoms with Gasteiger partial charge in [-0.15, -0.1) is 0 Å². The van der Waals surface area contributed by atoms with Crippen molar-refractivity contribution in [3.8, 4) is 0 Å². The van der Waals surface area contributed by atoms with Crippen LogP contribution in [0.4, 0.5) is 0 Å². The molecule has 2 N–H and O–H groups in total. The zero-order chi connectivity index (χ0) is 24.4. The Kier molecular flexibility index (Phi) is 6.25. The predicted molar refractivity (Wildman–Crippen MR) is 135 cm³/mol. The zero-order valence-corrected chi connectivity index (χ0v) is 22.3. The summed E-state index contributed by atoms with van der Waals surface area (Å²) in [5, 5.41) is 21.7. The number of hydrogen-bond donors (Lipinski definition) is 2. The van der Waals surface area contributed by atoms with Gasteiger partial charge >= 0.3 is 5.97 Å². The first-order chi connectivity index (χ1) is 15.3. The third-order valence-electron chi connectivity index (χ3n) is 11.5. The second-order valence-electron chi connectivity index (χ2n) is 13.5. The molecule has 2 fully saturated rings. The molecule has 4 rings (SSSR count). The molecule has 4 aliphatic carbocycles. The summed E-state index contributed by atoms with van der Waals surface area (Å²) in [6, 6.07) is 0. The minimum Gasteiger partial charge on any atom is -0.481 e.